The fourth-order valence-electron chi connectivity index (χ4n) is 3.65. The van der Waals surface area contributed by atoms with E-state index in [0.717, 1.165) is 23.4 Å². The number of halogens is 1. The van der Waals surface area contributed by atoms with E-state index in [-0.39, 0.29) is 17.5 Å². The Hall–Kier alpha value is -1.00. The molecule has 3 rings (SSSR count). The number of sulfone groups is 1. The van der Waals surface area contributed by atoms with Crippen molar-refractivity contribution in [2.24, 2.45) is 5.92 Å². The number of aromatic nitrogens is 2. The number of anilines is 2. The molecule has 0 amide bonds. The highest BCUT2D eigenvalue weighted by Crippen LogP contribution is 2.31. The van der Waals surface area contributed by atoms with Crippen LogP contribution in [0.2, 0.25) is 5.02 Å². The normalized spacial score (nSPS) is 18.7. The monoisotopic (exact) mass is 474 g/mol. The van der Waals surface area contributed by atoms with Crippen LogP contribution in [0.15, 0.2) is 12.1 Å². The Labute approximate surface area is 186 Å². The van der Waals surface area contributed by atoms with Gasteiger partial charge in [0, 0.05) is 12.6 Å². The molecule has 0 aliphatic carbocycles. The Bertz CT molecular complexity index is 1020. The van der Waals surface area contributed by atoms with E-state index in [0.29, 0.717) is 33.1 Å². The molecule has 1 fully saturated rings. The molecule has 1 aromatic carbocycles. The van der Waals surface area contributed by atoms with Crippen LogP contribution in [0.1, 0.15) is 31.4 Å². The summed E-state index contributed by atoms with van der Waals surface area (Å²) >= 11 is 13.3. The Balaban J connectivity index is 1.81. The third-order valence-electron chi connectivity index (χ3n) is 4.91. The van der Waals surface area contributed by atoms with Crippen molar-refractivity contribution in [2.45, 2.75) is 46.8 Å². The Kier molecular flexibility index (Phi) is 7.05. The van der Waals surface area contributed by atoms with E-state index in [9.17, 15) is 8.42 Å². The summed E-state index contributed by atoms with van der Waals surface area (Å²) in [5.74, 6) is 0.880. The van der Waals surface area contributed by atoms with E-state index in [4.69, 9.17) is 23.8 Å². The fourth-order valence-corrected chi connectivity index (χ4v) is 6.78. The largest absolute Gasteiger partial charge is 0.329 e. The predicted octanol–water partition coefficient (Wildman–Crippen LogP) is 4.79. The molecule has 2 aromatic rings. The molecule has 0 radical (unpaired) electrons. The molecule has 0 unspecified atom stereocenters. The maximum atomic E-state index is 12.0. The second-order valence-electron chi connectivity index (χ2n) is 8.10. The van der Waals surface area contributed by atoms with Crippen LogP contribution in [0, 0.1) is 23.7 Å². The maximum absolute atomic E-state index is 12.0. The minimum Gasteiger partial charge on any atom is -0.329 e. The molecule has 1 aliphatic heterocycles. The van der Waals surface area contributed by atoms with Gasteiger partial charge in [0.25, 0.3) is 0 Å². The third kappa shape index (κ3) is 5.79. The number of rotatable bonds is 7. The molecule has 29 heavy (non-hydrogen) atoms. The second-order valence-corrected chi connectivity index (χ2v) is 12.4. The van der Waals surface area contributed by atoms with Crippen molar-refractivity contribution in [3.05, 3.63) is 32.2 Å². The lowest BCUT2D eigenvalue weighted by molar-refractivity contribution is 0.138. The number of benzene rings is 1. The second kappa shape index (κ2) is 9.01. The van der Waals surface area contributed by atoms with Gasteiger partial charge in [0.1, 0.15) is 0 Å². The summed E-state index contributed by atoms with van der Waals surface area (Å²) in [6.45, 7) is 9.55. The van der Waals surface area contributed by atoms with Crippen LogP contribution >= 0.6 is 35.2 Å². The zero-order chi connectivity index (χ0) is 21.3. The van der Waals surface area contributed by atoms with Gasteiger partial charge in [0.2, 0.25) is 5.13 Å². The van der Waals surface area contributed by atoms with Gasteiger partial charge in [-0.15, -0.1) is 5.10 Å². The third-order valence-corrected chi connectivity index (χ3v) is 8.18. The van der Waals surface area contributed by atoms with E-state index < -0.39 is 9.84 Å². The summed E-state index contributed by atoms with van der Waals surface area (Å²) in [5, 5.41) is 9.25. The molecule has 10 heteroatoms. The maximum Gasteiger partial charge on any atom is 0.209 e. The van der Waals surface area contributed by atoms with E-state index in [1.807, 2.05) is 19.9 Å². The van der Waals surface area contributed by atoms with Crippen LogP contribution in [0.4, 0.5) is 10.8 Å². The zero-order valence-corrected chi connectivity index (χ0v) is 20.3. The molecule has 1 aromatic heterocycles. The molecule has 1 atom stereocenters. The van der Waals surface area contributed by atoms with Gasteiger partial charge in [-0.3, -0.25) is 4.90 Å². The van der Waals surface area contributed by atoms with Gasteiger partial charge >= 0.3 is 0 Å². The number of hydrogen-bond acceptors (Lipinski definition) is 7. The van der Waals surface area contributed by atoms with Crippen molar-refractivity contribution in [3.8, 4) is 0 Å². The molecule has 160 valence electrons. The number of hydrogen-bond donors (Lipinski definition) is 1. The van der Waals surface area contributed by atoms with Gasteiger partial charge in [-0.1, -0.05) is 42.9 Å². The van der Waals surface area contributed by atoms with Crippen molar-refractivity contribution < 1.29 is 8.42 Å². The number of aryl methyl sites for hydroxylation is 2. The Morgan fingerprint density at radius 1 is 1.41 bits per heavy atom. The van der Waals surface area contributed by atoms with E-state index >= 15 is 0 Å². The summed E-state index contributed by atoms with van der Waals surface area (Å²) in [7, 11) is -2.95. The van der Waals surface area contributed by atoms with E-state index in [1.54, 1.807) is 4.68 Å². The first-order chi connectivity index (χ1) is 13.5. The van der Waals surface area contributed by atoms with Crippen molar-refractivity contribution >= 4 is 55.8 Å². The number of nitrogens with one attached hydrogen (secondary N) is 1. The highest BCUT2D eigenvalue weighted by molar-refractivity contribution is 7.91. The lowest BCUT2D eigenvalue weighted by atomic mass is 10.1. The summed E-state index contributed by atoms with van der Waals surface area (Å²) < 4.78 is 26.3. The van der Waals surface area contributed by atoms with Crippen molar-refractivity contribution in [1.29, 1.82) is 0 Å². The van der Waals surface area contributed by atoms with Crippen LogP contribution in [-0.4, -0.2) is 47.2 Å². The van der Waals surface area contributed by atoms with Crippen molar-refractivity contribution in [1.82, 2.24) is 14.7 Å². The predicted molar refractivity (Wildman–Crippen MR) is 124 cm³/mol. The molecule has 0 bridgehead atoms. The van der Waals surface area contributed by atoms with Gasteiger partial charge < -0.3 is 5.32 Å². The first kappa shape index (κ1) is 22.7. The minimum absolute atomic E-state index is 0.0104. The Morgan fingerprint density at radius 3 is 2.72 bits per heavy atom. The summed E-state index contributed by atoms with van der Waals surface area (Å²) in [4.78, 5) is 2.19. The van der Waals surface area contributed by atoms with Gasteiger partial charge in [0.15, 0.2) is 13.8 Å². The van der Waals surface area contributed by atoms with Crippen LogP contribution in [0.3, 0.4) is 0 Å². The van der Waals surface area contributed by atoms with Crippen molar-refractivity contribution in [3.63, 3.8) is 0 Å². The summed E-state index contributed by atoms with van der Waals surface area (Å²) in [6.07, 6.45) is 0.662. The topological polar surface area (TPSA) is 67.2 Å². The SMILES string of the molecule is Cc1cc(C)c(Nc2nn(CN(CC(C)C)[C@H]3CCS(=O)(=O)C3)c(=S)s2)c(Cl)c1. The highest BCUT2D eigenvalue weighted by Gasteiger charge is 2.32. The smallest absolute Gasteiger partial charge is 0.209 e. The Morgan fingerprint density at radius 2 is 2.14 bits per heavy atom. The van der Waals surface area contributed by atoms with E-state index in [2.05, 4.69) is 35.2 Å². The van der Waals surface area contributed by atoms with Crippen LogP contribution in [0.25, 0.3) is 0 Å². The van der Waals surface area contributed by atoms with Gasteiger partial charge in [-0.05, 0) is 55.6 Å². The first-order valence-electron chi connectivity index (χ1n) is 9.60. The lowest BCUT2D eigenvalue weighted by Crippen LogP contribution is -2.40. The molecule has 1 aliphatic rings. The molecule has 0 saturated carbocycles. The lowest BCUT2D eigenvalue weighted by Gasteiger charge is -2.29. The van der Waals surface area contributed by atoms with Gasteiger partial charge in [0.05, 0.1) is 28.9 Å². The standard InChI is InChI=1S/C19H27ClN4O2S3/c1-12(2)9-23(15-5-6-29(25,26)10-15)11-24-19(27)28-18(22-24)21-17-14(4)7-13(3)8-16(17)20/h7-8,12,15H,5-6,9-11H2,1-4H3,(H,21,22)/t15-/m0/s1. The molecular formula is C19H27ClN4O2S3. The van der Waals surface area contributed by atoms with Gasteiger partial charge in [-0.25, -0.2) is 13.1 Å². The van der Waals surface area contributed by atoms with Crippen LogP contribution < -0.4 is 5.32 Å². The highest BCUT2D eigenvalue weighted by atomic mass is 35.5. The first-order valence-corrected chi connectivity index (χ1v) is 13.0. The molecule has 2 heterocycles. The minimum atomic E-state index is -2.95. The van der Waals surface area contributed by atoms with Crippen LogP contribution in [0.5, 0.6) is 0 Å². The quantitative estimate of drug-likeness (QED) is 0.582. The molecular weight excluding hydrogens is 448 g/mol. The molecule has 1 N–H and O–H groups in total. The molecule has 1 saturated heterocycles. The van der Waals surface area contributed by atoms with Crippen LogP contribution in [-0.2, 0) is 16.5 Å². The van der Waals surface area contributed by atoms with Gasteiger partial charge in [-0.2, -0.15) is 0 Å². The average Bonchev–Trinajstić information content (AvgIpc) is 3.12. The van der Waals surface area contributed by atoms with E-state index in [1.165, 1.54) is 11.3 Å². The average molecular weight is 475 g/mol. The summed E-state index contributed by atoms with van der Waals surface area (Å²) in [6, 6.07) is 3.99. The molecule has 0 spiro atoms. The molecule has 6 nitrogen and oxygen atoms in total. The fraction of sp³-hybridized carbons (Fsp3) is 0.579. The number of nitrogens with zero attached hydrogens (tertiary/aromatic N) is 3. The zero-order valence-electron chi connectivity index (χ0n) is 17.1. The van der Waals surface area contributed by atoms with Crippen molar-refractivity contribution in [2.75, 3.05) is 23.4 Å². The summed E-state index contributed by atoms with van der Waals surface area (Å²) in [5.41, 5.74) is 2.97.